The highest BCUT2D eigenvalue weighted by atomic mass is 16.4. The molecule has 0 saturated heterocycles. The molecule has 0 aliphatic rings. The molecule has 0 heterocycles. The van der Waals surface area contributed by atoms with Gasteiger partial charge in [0, 0.05) is 12.2 Å². The van der Waals surface area contributed by atoms with E-state index in [1.807, 2.05) is 6.92 Å². The maximum absolute atomic E-state index is 11.4. The van der Waals surface area contributed by atoms with Gasteiger partial charge < -0.3 is 15.7 Å². The van der Waals surface area contributed by atoms with Crippen molar-refractivity contribution in [2.75, 3.05) is 11.9 Å². The summed E-state index contributed by atoms with van der Waals surface area (Å²) in [6, 6.07) is 6.52. The zero-order valence-electron chi connectivity index (χ0n) is 9.69. The summed E-state index contributed by atoms with van der Waals surface area (Å²) in [5.41, 5.74) is 1.25. The number of hydrogen-bond donors (Lipinski definition) is 3. The Morgan fingerprint density at radius 1 is 1.35 bits per heavy atom. The van der Waals surface area contributed by atoms with E-state index in [4.69, 9.17) is 5.11 Å². The normalized spacial score (nSPS) is 9.71. The molecule has 0 radical (unpaired) electrons. The first-order valence-electron chi connectivity index (χ1n) is 5.47. The van der Waals surface area contributed by atoms with Crippen molar-refractivity contribution in [3.63, 3.8) is 0 Å². The van der Waals surface area contributed by atoms with Gasteiger partial charge in [0.25, 0.3) is 0 Å². The first-order valence-corrected chi connectivity index (χ1v) is 5.47. The monoisotopic (exact) mass is 236 g/mol. The van der Waals surface area contributed by atoms with Crippen LogP contribution in [0.5, 0.6) is 0 Å². The Balaban J connectivity index is 2.59. The zero-order valence-corrected chi connectivity index (χ0v) is 9.69. The van der Waals surface area contributed by atoms with Gasteiger partial charge in [-0.3, -0.25) is 4.79 Å². The summed E-state index contributed by atoms with van der Waals surface area (Å²) in [7, 11) is 0. The molecule has 0 saturated carbocycles. The van der Waals surface area contributed by atoms with Crippen LogP contribution in [0.1, 0.15) is 18.9 Å². The highest BCUT2D eigenvalue weighted by Crippen LogP contribution is 2.11. The summed E-state index contributed by atoms with van der Waals surface area (Å²) < 4.78 is 0. The first-order chi connectivity index (χ1) is 8.11. The Bertz CT molecular complexity index is 404. The fourth-order valence-corrected chi connectivity index (χ4v) is 1.35. The van der Waals surface area contributed by atoms with Gasteiger partial charge in [-0.1, -0.05) is 19.1 Å². The zero-order chi connectivity index (χ0) is 12.7. The number of rotatable bonds is 5. The molecule has 92 valence electrons. The van der Waals surface area contributed by atoms with Gasteiger partial charge in [-0.2, -0.15) is 0 Å². The van der Waals surface area contributed by atoms with E-state index in [0.29, 0.717) is 17.8 Å². The molecule has 2 amide bonds. The average molecular weight is 236 g/mol. The molecule has 5 nitrogen and oxygen atoms in total. The molecule has 0 unspecified atom stereocenters. The lowest BCUT2D eigenvalue weighted by Gasteiger charge is -2.07. The summed E-state index contributed by atoms with van der Waals surface area (Å²) >= 11 is 0. The second kappa shape index (κ2) is 6.52. The van der Waals surface area contributed by atoms with Gasteiger partial charge in [0.1, 0.15) is 0 Å². The summed E-state index contributed by atoms with van der Waals surface area (Å²) in [5.74, 6) is -0.891. The number of carboxylic acids is 1. The van der Waals surface area contributed by atoms with E-state index in [-0.39, 0.29) is 12.5 Å². The number of carbonyl (C=O) groups excluding carboxylic acids is 1. The lowest BCUT2D eigenvalue weighted by molar-refractivity contribution is -0.136. The molecule has 0 aromatic heterocycles. The number of carbonyl (C=O) groups is 2. The predicted octanol–water partition coefficient (Wildman–Crippen LogP) is 1.85. The predicted molar refractivity (Wildman–Crippen MR) is 65.1 cm³/mol. The van der Waals surface area contributed by atoms with Crippen LogP contribution in [-0.2, 0) is 11.2 Å². The number of hydrogen-bond acceptors (Lipinski definition) is 2. The highest BCUT2D eigenvalue weighted by molar-refractivity contribution is 5.89. The van der Waals surface area contributed by atoms with Gasteiger partial charge in [-0.05, 0) is 24.1 Å². The molecular weight excluding hydrogens is 220 g/mol. The van der Waals surface area contributed by atoms with Crippen molar-refractivity contribution in [3.8, 4) is 0 Å². The lowest BCUT2D eigenvalue weighted by atomic mass is 10.1. The quantitative estimate of drug-likeness (QED) is 0.730. The molecule has 0 fully saturated rings. The number of aliphatic carboxylic acids is 1. The van der Waals surface area contributed by atoms with Crippen LogP contribution in [0.15, 0.2) is 24.3 Å². The number of carboxylic acid groups (broad SMARTS) is 1. The van der Waals surface area contributed by atoms with Crippen molar-refractivity contribution >= 4 is 17.7 Å². The van der Waals surface area contributed by atoms with Crippen molar-refractivity contribution in [2.45, 2.75) is 19.8 Å². The number of urea groups is 1. The van der Waals surface area contributed by atoms with Gasteiger partial charge in [0.15, 0.2) is 0 Å². The van der Waals surface area contributed by atoms with Crippen molar-refractivity contribution in [2.24, 2.45) is 0 Å². The Labute approximate surface area is 99.8 Å². The van der Waals surface area contributed by atoms with Gasteiger partial charge in [-0.25, -0.2) is 4.79 Å². The molecule has 0 spiro atoms. The number of benzene rings is 1. The fourth-order valence-electron chi connectivity index (χ4n) is 1.35. The molecule has 0 atom stereocenters. The molecular formula is C12H16N2O3. The summed E-state index contributed by atoms with van der Waals surface area (Å²) in [4.78, 5) is 21.9. The van der Waals surface area contributed by atoms with E-state index < -0.39 is 5.97 Å². The number of amides is 2. The van der Waals surface area contributed by atoms with Gasteiger partial charge in [0.2, 0.25) is 0 Å². The molecule has 0 bridgehead atoms. The van der Waals surface area contributed by atoms with Crippen LogP contribution in [0.25, 0.3) is 0 Å². The van der Waals surface area contributed by atoms with E-state index in [1.165, 1.54) is 0 Å². The van der Waals surface area contributed by atoms with E-state index in [1.54, 1.807) is 24.3 Å². The van der Waals surface area contributed by atoms with Crippen LogP contribution in [-0.4, -0.2) is 23.7 Å². The third-order valence-corrected chi connectivity index (χ3v) is 2.08. The third-order valence-electron chi connectivity index (χ3n) is 2.08. The Morgan fingerprint density at radius 2 is 2.12 bits per heavy atom. The highest BCUT2D eigenvalue weighted by Gasteiger charge is 2.03. The molecule has 17 heavy (non-hydrogen) atoms. The Kier molecular flexibility index (Phi) is 5.00. The molecule has 0 aliphatic carbocycles. The van der Waals surface area contributed by atoms with Crippen LogP contribution in [0.3, 0.4) is 0 Å². The summed E-state index contributed by atoms with van der Waals surface area (Å²) in [6.07, 6.45) is 0.818. The van der Waals surface area contributed by atoms with E-state index >= 15 is 0 Å². The van der Waals surface area contributed by atoms with Crippen LogP contribution in [0, 0.1) is 0 Å². The maximum atomic E-state index is 11.4. The Hall–Kier alpha value is -2.04. The molecule has 0 aliphatic heterocycles. The van der Waals surface area contributed by atoms with Gasteiger partial charge in [0.05, 0.1) is 6.42 Å². The van der Waals surface area contributed by atoms with Crippen molar-refractivity contribution in [1.82, 2.24) is 5.32 Å². The largest absolute Gasteiger partial charge is 0.481 e. The minimum absolute atomic E-state index is 0.0495. The number of anilines is 1. The average Bonchev–Trinajstić information content (AvgIpc) is 2.26. The maximum Gasteiger partial charge on any atom is 0.319 e. The van der Waals surface area contributed by atoms with Crippen LogP contribution in [0.4, 0.5) is 10.5 Å². The van der Waals surface area contributed by atoms with Crippen LogP contribution >= 0.6 is 0 Å². The van der Waals surface area contributed by atoms with E-state index in [9.17, 15) is 9.59 Å². The topological polar surface area (TPSA) is 78.4 Å². The lowest BCUT2D eigenvalue weighted by Crippen LogP contribution is -2.29. The Morgan fingerprint density at radius 3 is 2.76 bits per heavy atom. The van der Waals surface area contributed by atoms with E-state index in [2.05, 4.69) is 10.6 Å². The number of nitrogens with one attached hydrogen (secondary N) is 2. The van der Waals surface area contributed by atoms with Gasteiger partial charge in [-0.15, -0.1) is 0 Å². The molecule has 3 N–H and O–H groups in total. The second-order valence-electron chi connectivity index (χ2n) is 3.65. The smallest absolute Gasteiger partial charge is 0.319 e. The SMILES string of the molecule is CCCNC(=O)Nc1cccc(CC(=O)O)c1. The molecule has 1 rings (SSSR count). The van der Waals surface area contributed by atoms with Crippen LogP contribution < -0.4 is 10.6 Å². The second-order valence-corrected chi connectivity index (χ2v) is 3.65. The van der Waals surface area contributed by atoms with Crippen molar-refractivity contribution in [3.05, 3.63) is 29.8 Å². The summed E-state index contributed by atoms with van der Waals surface area (Å²) in [5, 5.41) is 14.0. The van der Waals surface area contributed by atoms with Gasteiger partial charge >= 0.3 is 12.0 Å². The van der Waals surface area contributed by atoms with Crippen molar-refractivity contribution < 1.29 is 14.7 Å². The first kappa shape index (κ1) is 13.0. The van der Waals surface area contributed by atoms with Crippen LogP contribution in [0.2, 0.25) is 0 Å². The molecule has 5 heteroatoms. The van der Waals surface area contributed by atoms with Crippen molar-refractivity contribution in [1.29, 1.82) is 0 Å². The minimum Gasteiger partial charge on any atom is -0.481 e. The molecule has 1 aromatic rings. The van der Waals surface area contributed by atoms with E-state index in [0.717, 1.165) is 6.42 Å². The molecule has 1 aromatic carbocycles. The fraction of sp³-hybridized carbons (Fsp3) is 0.333. The standard InChI is InChI=1S/C12H16N2O3/c1-2-6-13-12(17)14-10-5-3-4-9(7-10)8-11(15)16/h3-5,7H,2,6,8H2,1H3,(H,15,16)(H2,13,14,17). The minimum atomic E-state index is -0.891. The third kappa shape index (κ3) is 5.01. The summed E-state index contributed by atoms with van der Waals surface area (Å²) in [6.45, 7) is 2.58.